The SMILES string of the molecule is CCCc1c(-c2ccc(Cl)cc2)nn(Cc2ccccc2C)c1CCNC. The molecule has 0 fully saturated rings. The van der Waals surface area contributed by atoms with Crippen molar-refractivity contribution >= 4 is 11.6 Å². The van der Waals surface area contributed by atoms with Crippen LogP contribution >= 0.6 is 11.6 Å². The van der Waals surface area contributed by atoms with Crippen LogP contribution in [0.5, 0.6) is 0 Å². The van der Waals surface area contributed by atoms with E-state index in [-0.39, 0.29) is 0 Å². The summed E-state index contributed by atoms with van der Waals surface area (Å²) in [5.41, 5.74) is 7.54. The third-order valence-corrected chi connectivity index (χ3v) is 5.23. The maximum absolute atomic E-state index is 6.10. The highest BCUT2D eigenvalue weighted by Crippen LogP contribution is 2.29. The summed E-state index contributed by atoms with van der Waals surface area (Å²) >= 11 is 6.10. The number of hydrogen-bond donors (Lipinski definition) is 1. The number of rotatable bonds is 8. The van der Waals surface area contributed by atoms with Crippen molar-refractivity contribution in [3.05, 3.63) is 75.9 Å². The normalized spacial score (nSPS) is 11.1. The number of nitrogens with one attached hydrogen (secondary N) is 1. The second-order valence-electron chi connectivity index (χ2n) is 6.97. The standard InChI is InChI=1S/C23H28ClN3/c1-4-7-21-22(14-15-25-3)27(16-19-9-6-5-8-17(19)2)26-23(21)18-10-12-20(24)13-11-18/h5-6,8-13,25H,4,7,14-16H2,1-3H3. The lowest BCUT2D eigenvalue weighted by atomic mass is 10.0. The van der Waals surface area contributed by atoms with Gasteiger partial charge in [-0.05, 0) is 43.7 Å². The summed E-state index contributed by atoms with van der Waals surface area (Å²) in [5.74, 6) is 0. The second-order valence-corrected chi connectivity index (χ2v) is 7.40. The number of aromatic nitrogens is 2. The molecule has 1 aromatic heterocycles. The van der Waals surface area contributed by atoms with Crippen LogP contribution in [-0.2, 0) is 19.4 Å². The maximum atomic E-state index is 6.10. The first kappa shape index (κ1) is 19.7. The summed E-state index contributed by atoms with van der Waals surface area (Å²) in [6.45, 7) is 6.14. The molecule has 0 aliphatic carbocycles. The van der Waals surface area contributed by atoms with E-state index in [1.54, 1.807) is 0 Å². The first-order valence-corrected chi connectivity index (χ1v) is 10.1. The number of hydrogen-bond acceptors (Lipinski definition) is 2. The summed E-state index contributed by atoms with van der Waals surface area (Å²) in [6.07, 6.45) is 3.10. The topological polar surface area (TPSA) is 29.9 Å². The van der Waals surface area contributed by atoms with Crippen LogP contribution in [0.15, 0.2) is 48.5 Å². The molecule has 0 bridgehead atoms. The highest BCUT2D eigenvalue weighted by Gasteiger charge is 2.18. The molecule has 0 aliphatic heterocycles. The predicted molar refractivity (Wildman–Crippen MR) is 115 cm³/mol. The van der Waals surface area contributed by atoms with E-state index in [4.69, 9.17) is 16.7 Å². The molecule has 0 aliphatic rings. The van der Waals surface area contributed by atoms with Crippen LogP contribution in [0.4, 0.5) is 0 Å². The number of likely N-dealkylation sites (N-methyl/N-ethyl adjacent to an activating group) is 1. The Morgan fingerprint density at radius 3 is 2.44 bits per heavy atom. The third-order valence-electron chi connectivity index (χ3n) is 4.98. The summed E-state index contributed by atoms with van der Waals surface area (Å²) < 4.78 is 2.20. The van der Waals surface area contributed by atoms with E-state index < -0.39 is 0 Å². The fraction of sp³-hybridized carbons (Fsp3) is 0.348. The molecule has 2 aromatic carbocycles. The second kappa shape index (κ2) is 9.20. The van der Waals surface area contributed by atoms with Crippen LogP contribution in [0.1, 0.15) is 35.7 Å². The fourth-order valence-electron chi connectivity index (χ4n) is 3.49. The molecule has 0 spiro atoms. The number of nitrogens with zero attached hydrogens (tertiary/aromatic N) is 2. The lowest BCUT2D eigenvalue weighted by Crippen LogP contribution is -2.16. The fourth-order valence-corrected chi connectivity index (χ4v) is 3.62. The Morgan fingerprint density at radius 2 is 1.78 bits per heavy atom. The highest BCUT2D eigenvalue weighted by atomic mass is 35.5. The van der Waals surface area contributed by atoms with Gasteiger partial charge in [0.15, 0.2) is 0 Å². The van der Waals surface area contributed by atoms with Gasteiger partial charge < -0.3 is 5.32 Å². The molecule has 0 atom stereocenters. The summed E-state index contributed by atoms with van der Waals surface area (Å²) in [4.78, 5) is 0. The van der Waals surface area contributed by atoms with Gasteiger partial charge in [0.05, 0.1) is 12.2 Å². The number of benzene rings is 2. The Kier molecular flexibility index (Phi) is 6.70. The van der Waals surface area contributed by atoms with Crippen LogP contribution in [0.2, 0.25) is 5.02 Å². The molecule has 27 heavy (non-hydrogen) atoms. The largest absolute Gasteiger partial charge is 0.319 e. The molecule has 1 N–H and O–H groups in total. The molecule has 0 unspecified atom stereocenters. The van der Waals surface area contributed by atoms with Crippen molar-refractivity contribution in [3.63, 3.8) is 0 Å². The van der Waals surface area contributed by atoms with E-state index in [9.17, 15) is 0 Å². The van der Waals surface area contributed by atoms with Crippen molar-refractivity contribution in [2.75, 3.05) is 13.6 Å². The minimum absolute atomic E-state index is 0.755. The number of halogens is 1. The van der Waals surface area contributed by atoms with Gasteiger partial charge in [-0.3, -0.25) is 4.68 Å². The van der Waals surface area contributed by atoms with Crippen molar-refractivity contribution in [2.45, 2.75) is 39.7 Å². The minimum atomic E-state index is 0.755. The van der Waals surface area contributed by atoms with Gasteiger partial charge in [-0.25, -0.2) is 0 Å². The molecule has 0 saturated heterocycles. The lowest BCUT2D eigenvalue weighted by molar-refractivity contribution is 0.626. The van der Waals surface area contributed by atoms with E-state index in [2.05, 4.69) is 60.2 Å². The van der Waals surface area contributed by atoms with Crippen LogP contribution in [0, 0.1) is 6.92 Å². The molecule has 3 nitrogen and oxygen atoms in total. The molecular weight excluding hydrogens is 354 g/mol. The van der Waals surface area contributed by atoms with Gasteiger partial charge in [0.2, 0.25) is 0 Å². The Hall–Kier alpha value is -2.10. The first-order chi connectivity index (χ1) is 13.1. The Bertz CT molecular complexity index is 881. The molecule has 0 radical (unpaired) electrons. The van der Waals surface area contributed by atoms with Gasteiger partial charge in [-0.15, -0.1) is 0 Å². The maximum Gasteiger partial charge on any atom is 0.0958 e. The van der Waals surface area contributed by atoms with E-state index in [0.29, 0.717) is 0 Å². The molecule has 142 valence electrons. The molecule has 0 saturated carbocycles. The summed E-state index contributed by atoms with van der Waals surface area (Å²) in [5, 5.41) is 9.10. The monoisotopic (exact) mass is 381 g/mol. The van der Waals surface area contributed by atoms with Gasteiger partial charge in [-0.1, -0.05) is 61.3 Å². The van der Waals surface area contributed by atoms with E-state index in [1.165, 1.54) is 22.4 Å². The minimum Gasteiger partial charge on any atom is -0.319 e. The average Bonchev–Trinajstić information content (AvgIpc) is 3.00. The van der Waals surface area contributed by atoms with Crippen LogP contribution in [-0.4, -0.2) is 23.4 Å². The molecule has 4 heteroatoms. The zero-order chi connectivity index (χ0) is 19.2. The quantitative estimate of drug-likeness (QED) is 0.575. The molecule has 0 amide bonds. The molecular formula is C23H28ClN3. The summed E-state index contributed by atoms with van der Waals surface area (Å²) in [6, 6.07) is 16.6. The Morgan fingerprint density at radius 1 is 1.04 bits per heavy atom. The predicted octanol–water partition coefficient (Wildman–Crippen LogP) is 5.27. The van der Waals surface area contributed by atoms with Crippen molar-refractivity contribution < 1.29 is 0 Å². The van der Waals surface area contributed by atoms with Crippen molar-refractivity contribution in [1.29, 1.82) is 0 Å². The Balaban J connectivity index is 2.08. The zero-order valence-electron chi connectivity index (χ0n) is 16.4. The van der Waals surface area contributed by atoms with Crippen molar-refractivity contribution in [1.82, 2.24) is 15.1 Å². The van der Waals surface area contributed by atoms with Crippen LogP contribution in [0.3, 0.4) is 0 Å². The van der Waals surface area contributed by atoms with Crippen LogP contribution in [0.25, 0.3) is 11.3 Å². The van der Waals surface area contributed by atoms with Gasteiger partial charge in [0.1, 0.15) is 0 Å². The van der Waals surface area contributed by atoms with Crippen LogP contribution < -0.4 is 5.32 Å². The van der Waals surface area contributed by atoms with Crippen molar-refractivity contribution in [3.8, 4) is 11.3 Å². The first-order valence-electron chi connectivity index (χ1n) is 9.67. The van der Waals surface area contributed by atoms with E-state index >= 15 is 0 Å². The van der Waals surface area contributed by atoms with E-state index in [0.717, 1.165) is 48.6 Å². The number of aryl methyl sites for hydroxylation is 1. The third kappa shape index (κ3) is 4.60. The van der Waals surface area contributed by atoms with Gasteiger partial charge >= 0.3 is 0 Å². The highest BCUT2D eigenvalue weighted by molar-refractivity contribution is 6.30. The van der Waals surface area contributed by atoms with Gasteiger partial charge in [0.25, 0.3) is 0 Å². The smallest absolute Gasteiger partial charge is 0.0958 e. The molecule has 1 heterocycles. The molecule has 3 aromatic rings. The Labute approximate surface area is 167 Å². The van der Waals surface area contributed by atoms with E-state index in [1.807, 2.05) is 19.2 Å². The summed E-state index contributed by atoms with van der Waals surface area (Å²) in [7, 11) is 2.00. The zero-order valence-corrected chi connectivity index (χ0v) is 17.2. The van der Waals surface area contributed by atoms with Gasteiger partial charge in [0, 0.05) is 34.8 Å². The molecule has 3 rings (SSSR count). The van der Waals surface area contributed by atoms with Gasteiger partial charge in [-0.2, -0.15) is 5.10 Å². The lowest BCUT2D eigenvalue weighted by Gasteiger charge is -2.11. The van der Waals surface area contributed by atoms with Crippen molar-refractivity contribution in [2.24, 2.45) is 0 Å². The average molecular weight is 382 g/mol.